The second kappa shape index (κ2) is 5.00. The number of nitrogens with zero attached hydrogens (tertiary/aromatic N) is 2. The van der Waals surface area contributed by atoms with Crippen LogP contribution in [-0.2, 0) is 17.1 Å². The number of aromatic nitrogens is 2. The number of nitrogens with one attached hydrogen (secondary N) is 1. The molecule has 8 nitrogen and oxygen atoms in total. The predicted octanol–water partition coefficient (Wildman–Crippen LogP) is -2.06. The van der Waals surface area contributed by atoms with Crippen molar-refractivity contribution in [2.75, 3.05) is 18.9 Å². The molecule has 1 atom stereocenters. The Morgan fingerprint density at radius 2 is 2.18 bits per heavy atom. The van der Waals surface area contributed by atoms with Crippen LogP contribution in [0.15, 0.2) is 4.90 Å². The molecule has 0 aromatic carbocycles. The molecule has 1 unspecified atom stereocenters. The van der Waals surface area contributed by atoms with Crippen molar-refractivity contribution in [3.8, 4) is 0 Å². The molecule has 0 fully saturated rings. The molecule has 0 radical (unpaired) electrons. The third kappa shape index (κ3) is 2.94. The Kier molecular flexibility index (Phi) is 4.09. The first-order chi connectivity index (χ1) is 7.79. The summed E-state index contributed by atoms with van der Waals surface area (Å²) in [7, 11) is -2.26. The summed E-state index contributed by atoms with van der Waals surface area (Å²) >= 11 is 0. The lowest BCUT2D eigenvalue weighted by Crippen LogP contribution is -2.34. The van der Waals surface area contributed by atoms with Gasteiger partial charge < -0.3 is 15.9 Å². The second-order valence-corrected chi connectivity index (χ2v) is 5.32. The topological polar surface area (TPSA) is 130 Å². The van der Waals surface area contributed by atoms with Crippen molar-refractivity contribution in [3.63, 3.8) is 0 Å². The predicted molar refractivity (Wildman–Crippen MR) is 60.6 cm³/mol. The molecular weight excluding hydrogens is 248 g/mol. The number of anilines is 1. The Morgan fingerprint density at radius 3 is 2.59 bits per heavy atom. The van der Waals surface area contributed by atoms with Gasteiger partial charge in [0.05, 0.1) is 18.4 Å². The number of nitrogen functional groups attached to an aromatic ring is 1. The van der Waals surface area contributed by atoms with E-state index in [1.807, 2.05) is 0 Å². The fraction of sp³-hybridized carbons (Fsp3) is 0.625. The van der Waals surface area contributed by atoms with E-state index in [0.717, 1.165) is 0 Å². The fourth-order valence-corrected chi connectivity index (χ4v) is 2.68. The number of hydrogen-bond donors (Lipinski definition) is 4. The van der Waals surface area contributed by atoms with Gasteiger partial charge in [0.25, 0.3) is 0 Å². The van der Waals surface area contributed by atoms with Gasteiger partial charge in [-0.1, -0.05) is 0 Å². The molecule has 1 aromatic heterocycles. The number of aliphatic hydroxyl groups excluding tert-OH is 2. The molecule has 0 saturated carbocycles. The van der Waals surface area contributed by atoms with Crippen LogP contribution in [0, 0.1) is 6.92 Å². The van der Waals surface area contributed by atoms with Crippen molar-refractivity contribution in [3.05, 3.63) is 5.69 Å². The Bertz CT molecular complexity index is 496. The van der Waals surface area contributed by atoms with Crippen LogP contribution in [0.1, 0.15) is 5.69 Å². The van der Waals surface area contributed by atoms with Crippen LogP contribution in [0.2, 0.25) is 0 Å². The van der Waals surface area contributed by atoms with Crippen LogP contribution in [0.4, 0.5) is 5.82 Å². The summed E-state index contributed by atoms with van der Waals surface area (Å²) in [5.74, 6) is -0.101. The van der Waals surface area contributed by atoms with E-state index in [2.05, 4.69) is 9.82 Å². The van der Waals surface area contributed by atoms with Crippen molar-refractivity contribution in [2.24, 2.45) is 7.05 Å². The first-order valence-electron chi connectivity index (χ1n) is 4.87. The molecule has 0 aliphatic heterocycles. The standard InChI is InChI=1S/C8H16N4O4S/c1-5-7(8(9)11-12(5)2)17(15,16)10-3-6(14)4-13/h6,10,13-14H,3-4H2,1-2H3,(H2,9,11). The molecule has 0 aliphatic carbocycles. The third-order valence-corrected chi connectivity index (χ3v) is 3.88. The maximum Gasteiger partial charge on any atom is 0.246 e. The van der Waals surface area contributed by atoms with Gasteiger partial charge in [0, 0.05) is 13.6 Å². The lowest BCUT2D eigenvalue weighted by Gasteiger charge is -2.09. The second-order valence-electron chi connectivity index (χ2n) is 3.61. The van der Waals surface area contributed by atoms with Crippen LogP contribution in [-0.4, -0.2) is 47.7 Å². The average molecular weight is 264 g/mol. The molecule has 0 bridgehead atoms. The minimum absolute atomic E-state index is 0.101. The van der Waals surface area contributed by atoms with Gasteiger partial charge in [-0.3, -0.25) is 4.68 Å². The number of rotatable bonds is 5. The van der Waals surface area contributed by atoms with Gasteiger partial charge in [-0.25, -0.2) is 13.1 Å². The molecule has 1 aromatic rings. The molecule has 0 aliphatic rings. The van der Waals surface area contributed by atoms with Gasteiger partial charge in [0.1, 0.15) is 4.90 Å². The highest BCUT2D eigenvalue weighted by molar-refractivity contribution is 7.89. The molecule has 1 heterocycles. The molecular formula is C8H16N4O4S. The van der Waals surface area contributed by atoms with E-state index < -0.39 is 22.7 Å². The molecule has 17 heavy (non-hydrogen) atoms. The minimum atomic E-state index is -3.84. The Hall–Kier alpha value is -1.16. The Balaban J connectivity index is 2.98. The fourth-order valence-electron chi connectivity index (χ4n) is 1.29. The lowest BCUT2D eigenvalue weighted by molar-refractivity contribution is 0.0988. The maximum atomic E-state index is 11.9. The summed E-state index contributed by atoms with van der Waals surface area (Å²) in [4.78, 5) is -0.106. The number of aryl methyl sites for hydroxylation is 1. The van der Waals surface area contributed by atoms with E-state index in [4.69, 9.17) is 15.9 Å². The molecule has 5 N–H and O–H groups in total. The van der Waals surface area contributed by atoms with Gasteiger partial charge >= 0.3 is 0 Å². The summed E-state index contributed by atoms with van der Waals surface area (Å²) in [6.07, 6.45) is -1.15. The largest absolute Gasteiger partial charge is 0.394 e. The van der Waals surface area contributed by atoms with Crippen LogP contribution in [0.25, 0.3) is 0 Å². The number of nitrogens with two attached hydrogens (primary N) is 1. The zero-order valence-electron chi connectivity index (χ0n) is 9.58. The zero-order valence-corrected chi connectivity index (χ0v) is 10.4. The first kappa shape index (κ1) is 13.9. The van der Waals surface area contributed by atoms with E-state index in [1.165, 1.54) is 4.68 Å². The molecule has 0 saturated heterocycles. The summed E-state index contributed by atoms with van der Waals surface area (Å²) < 4.78 is 27.2. The van der Waals surface area contributed by atoms with Crippen molar-refractivity contribution >= 4 is 15.8 Å². The lowest BCUT2D eigenvalue weighted by atomic mass is 10.4. The van der Waals surface area contributed by atoms with Crippen molar-refractivity contribution < 1.29 is 18.6 Å². The van der Waals surface area contributed by atoms with Crippen LogP contribution < -0.4 is 10.5 Å². The Labute approximate surface area is 99.1 Å². The number of hydrogen-bond acceptors (Lipinski definition) is 6. The highest BCUT2D eigenvalue weighted by Crippen LogP contribution is 2.20. The zero-order chi connectivity index (χ0) is 13.2. The average Bonchev–Trinajstić information content (AvgIpc) is 2.50. The van der Waals surface area contributed by atoms with Crippen molar-refractivity contribution in [1.82, 2.24) is 14.5 Å². The first-order valence-corrected chi connectivity index (χ1v) is 6.35. The summed E-state index contributed by atoms with van der Waals surface area (Å²) in [5.41, 5.74) is 5.90. The van der Waals surface area contributed by atoms with Crippen LogP contribution in [0.5, 0.6) is 0 Å². The molecule has 0 spiro atoms. The summed E-state index contributed by atoms with van der Waals surface area (Å²) in [5, 5.41) is 21.5. The van der Waals surface area contributed by atoms with Crippen molar-refractivity contribution in [2.45, 2.75) is 17.9 Å². The quantitative estimate of drug-likeness (QED) is 0.484. The van der Waals surface area contributed by atoms with E-state index in [1.54, 1.807) is 14.0 Å². The number of aliphatic hydroxyl groups is 2. The smallest absolute Gasteiger partial charge is 0.246 e. The molecule has 0 amide bonds. The highest BCUT2D eigenvalue weighted by Gasteiger charge is 2.24. The SMILES string of the molecule is Cc1c(S(=O)(=O)NCC(O)CO)c(N)nn1C. The summed E-state index contributed by atoms with van der Waals surface area (Å²) in [6, 6.07) is 0. The molecule has 9 heteroatoms. The monoisotopic (exact) mass is 264 g/mol. The van der Waals surface area contributed by atoms with Crippen LogP contribution in [0.3, 0.4) is 0 Å². The Morgan fingerprint density at radius 1 is 1.59 bits per heavy atom. The number of sulfonamides is 1. The van der Waals surface area contributed by atoms with E-state index in [-0.39, 0.29) is 17.3 Å². The highest BCUT2D eigenvalue weighted by atomic mass is 32.2. The van der Waals surface area contributed by atoms with Crippen LogP contribution >= 0.6 is 0 Å². The van der Waals surface area contributed by atoms with Gasteiger partial charge in [0.2, 0.25) is 10.0 Å². The summed E-state index contributed by atoms with van der Waals surface area (Å²) in [6.45, 7) is 0.761. The third-order valence-electron chi connectivity index (χ3n) is 2.29. The molecule has 98 valence electrons. The van der Waals surface area contributed by atoms with Gasteiger partial charge in [-0.2, -0.15) is 5.10 Å². The van der Waals surface area contributed by atoms with Gasteiger partial charge in [-0.15, -0.1) is 0 Å². The maximum absolute atomic E-state index is 11.9. The van der Waals surface area contributed by atoms with E-state index in [9.17, 15) is 8.42 Å². The van der Waals surface area contributed by atoms with Gasteiger partial charge in [-0.05, 0) is 6.92 Å². The van der Waals surface area contributed by atoms with Crippen molar-refractivity contribution in [1.29, 1.82) is 0 Å². The van der Waals surface area contributed by atoms with Gasteiger partial charge in [0.15, 0.2) is 5.82 Å². The van der Waals surface area contributed by atoms with E-state index in [0.29, 0.717) is 5.69 Å². The normalized spacial score (nSPS) is 13.9. The van der Waals surface area contributed by atoms with E-state index >= 15 is 0 Å². The molecule has 1 rings (SSSR count). The minimum Gasteiger partial charge on any atom is -0.394 e.